The van der Waals surface area contributed by atoms with Crippen LogP contribution in [-0.2, 0) is 12.1 Å². The molecule has 3 nitrogen and oxygen atoms in total. The number of rotatable bonds is 5. The zero-order valence-electron chi connectivity index (χ0n) is 16.6. The molecule has 2 rings (SSSR count). The van der Waals surface area contributed by atoms with Crippen LogP contribution in [0.15, 0.2) is 36.4 Å². The first-order valence-corrected chi connectivity index (χ1v) is 9.02. The highest BCUT2D eigenvalue weighted by Crippen LogP contribution is 2.53. The average Bonchev–Trinajstić information content (AvgIpc) is 2.66. The van der Waals surface area contributed by atoms with Crippen LogP contribution in [0.1, 0.15) is 51.3 Å². The quantitative estimate of drug-likeness (QED) is 0.430. The highest BCUT2D eigenvalue weighted by molar-refractivity contribution is 6.05. The summed E-state index contributed by atoms with van der Waals surface area (Å²) in [7, 11) is 0. The van der Waals surface area contributed by atoms with Crippen LogP contribution in [-0.4, -0.2) is 24.0 Å². The monoisotopic (exact) mass is 449 g/mol. The maximum Gasteiger partial charge on any atom is 0.435 e. The number of benzene rings is 2. The van der Waals surface area contributed by atoms with Crippen molar-refractivity contribution in [3.05, 3.63) is 64.2 Å². The van der Waals surface area contributed by atoms with Gasteiger partial charge in [0, 0.05) is 22.4 Å². The summed E-state index contributed by atoms with van der Waals surface area (Å²) in [5.74, 6) is -0.922. The molecule has 0 atom stereocenters. The van der Waals surface area contributed by atoms with Crippen molar-refractivity contribution >= 4 is 17.4 Å². The molecule has 0 unspecified atom stereocenters. The number of nitrogens with one attached hydrogen (secondary N) is 1. The molecule has 0 spiro atoms. The van der Waals surface area contributed by atoms with Gasteiger partial charge in [0.1, 0.15) is 0 Å². The molecule has 1 amide bonds. The zero-order chi connectivity index (χ0) is 23.8. The predicted octanol–water partition coefficient (Wildman–Crippen LogP) is 6.30. The molecule has 0 aromatic heterocycles. The number of ketones is 1. The van der Waals surface area contributed by atoms with E-state index in [1.54, 1.807) is 0 Å². The Morgan fingerprint density at radius 2 is 1.35 bits per heavy atom. The van der Waals surface area contributed by atoms with Gasteiger partial charge in [-0.2, -0.15) is 26.3 Å². The highest BCUT2D eigenvalue weighted by atomic mass is 19.4. The van der Waals surface area contributed by atoms with Gasteiger partial charge in [0.05, 0.1) is 0 Å². The van der Waals surface area contributed by atoms with Crippen LogP contribution in [0.2, 0.25) is 0 Å². The highest BCUT2D eigenvalue weighted by Gasteiger charge is 2.73. The number of anilines is 1. The van der Waals surface area contributed by atoms with Gasteiger partial charge >= 0.3 is 18.0 Å². The fourth-order valence-corrected chi connectivity index (χ4v) is 3.05. The number of hydrogen-bond acceptors (Lipinski definition) is 2. The van der Waals surface area contributed by atoms with Crippen LogP contribution in [0.25, 0.3) is 0 Å². The molecule has 0 aliphatic heterocycles. The van der Waals surface area contributed by atoms with Crippen LogP contribution in [0.4, 0.5) is 36.4 Å². The summed E-state index contributed by atoms with van der Waals surface area (Å²) < 4.78 is 92.9. The second-order valence-electron chi connectivity index (χ2n) is 6.92. The van der Waals surface area contributed by atoms with E-state index in [1.165, 1.54) is 45.0 Å². The molecule has 0 aliphatic carbocycles. The van der Waals surface area contributed by atoms with E-state index >= 15 is 0 Å². The van der Waals surface area contributed by atoms with E-state index in [-0.39, 0.29) is 34.6 Å². The Hall–Kier alpha value is -2.91. The minimum Gasteiger partial charge on any atom is -0.321 e. The van der Waals surface area contributed by atoms with Gasteiger partial charge in [-0.3, -0.25) is 9.59 Å². The molecule has 0 bridgehead atoms. The van der Waals surface area contributed by atoms with Crippen molar-refractivity contribution in [3.8, 4) is 0 Å². The standard InChI is InChI=1S/C21H18F7NO2/c1-4-13-10-16(19(22,20(23,24)25)21(26,27)28)9-11(2)17(13)29-18(31)15-7-5-14(6-8-15)12(3)30/h5-10H,4H2,1-3H3,(H,29,31). The largest absolute Gasteiger partial charge is 0.435 e. The Balaban J connectivity index is 2.50. The van der Waals surface area contributed by atoms with Crippen LogP contribution in [0.3, 0.4) is 0 Å². The van der Waals surface area contributed by atoms with Crippen LogP contribution in [0.5, 0.6) is 0 Å². The Morgan fingerprint density at radius 3 is 1.77 bits per heavy atom. The molecule has 0 radical (unpaired) electrons. The normalized spacial score (nSPS) is 12.6. The molecular formula is C21H18F7NO2. The average molecular weight is 449 g/mol. The number of carbonyl (C=O) groups excluding carboxylic acids is 2. The fraction of sp³-hybridized carbons (Fsp3) is 0.333. The number of alkyl halides is 7. The lowest BCUT2D eigenvalue weighted by molar-refractivity contribution is -0.348. The van der Waals surface area contributed by atoms with E-state index in [2.05, 4.69) is 5.32 Å². The smallest absolute Gasteiger partial charge is 0.321 e. The summed E-state index contributed by atoms with van der Waals surface area (Å²) in [5, 5.41) is 2.44. The number of hydrogen-bond donors (Lipinski definition) is 1. The third-order valence-corrected chi connectivity index (χ3v) is 4.77. The summed E-state index contributed by atoms with van der Waals surface area (Å²) in [6.07, 6.45) is -12.5. The van der Waals surface area contributed by atoms with Gasteiger partial charge in [-0.1, -0.05) is 25.1 Å². The lowest BCUT2D eigenvalue weighted by Gasteiger charge is -2.31. The topological polar surface area (TPSA) is 46.2 Å². The third-order valence-electron chi connectivity index (χ3n) is 4.77. The molecule has 0 aliphatic rings. The summed E-state index contributed by atoms with van der Waals surface area (Å²) in [6.45, 7) is 3.95. The van der Waals surface area contributed by atoms with Gasteiger partial charge in [-0.25, -0.2) is 4.39 Å². The molecule has 0 saturated heterocycles. The van der Waals surface area contributed by atoms with Crippen LogP contribution < -0.4 is 5.32 Å². The van der Waals surface area contributed by atoms with Crippen molar-refractivity contribution in [3.63, 3.8) is 0 Å². The molecule has 0 fully saturated rings. The molecule has 0 saturated carbocycles. The minimum absolute atomic E-state index is 0.0152. The van der Waals surface area contributed by atoms with E-state index in [1.807, 2.05) is 0 Å². The molecule has 168 valence electrons. The van der Waals surface area contributed by atoms with Crippen molar-refractivity contribution in [1.29, 1.82) is 0 Å². The van der Waals surface area contributed by atoms with Gasteiger partial charge in [-0.15, -0.1) is 0 Å². The fourth-order valence-electron chi connectivity index (χ4n) is 3.05. The molecule has 2 aromatic carbocycles. The molecule has 2 aromatic rings. The SMILES string of the molecule is CCc1cc(C(F)(C(F)(F)F)C(F)(F)F)cc(C)c1NC(=O)c1ccc(C(C)=O)cc1. The second kappa shape index (κ2) is 8.32. The van der Waals surface area contributed by atoms with Crippen molar-refractivity contribution in [2.75, 3.05) is 5.32 Å². The summed E-state index contributed by atoms with van der Waals surface area (Å²) >= 11 is 0. The number of halogens is 7. The van der Waals surface area contributed by atoms with Crippen molar-refractivity contribution in [2.45, 2.75) is 45.2 Å². The van der Waals surface area contributed by atoms with E-state index in [4.69, 9.17) is 0 Å². The van der Waals surface area contributed by atoms with Crippen molar-refractivity contribution in [1.82, 2.24) is 0 Å². The Labute approximate surface area is 173 Å². The first-order chi connectivity index (χ1) is 14.1. The zero-order valence-corrected chi connectivity index (χ0v) is 16.6. The molecule has 10 heteroatoms. The van der Waals surface area contributed by atoms with Gasteiger partial charge in [0.2, 0.25) is 0 Å². The first kappa shape index (κ1) is 24.4. The minimum atomic E-state index is -6.23. The van der Waals surface area contributed by atoms with Gasteiger partial charge in [-0.05, 0) is 49.6 Å². The lowest BCUT2D eigenvalue weighted by Crippen LogP contribution is -2.50. The Bertz CT molecular complexity index is 979. The summed E-state index contributed by atoms with van der Waals surface area (Å²) in [4.78, 5) is 23.8. The van der Waals surface area contributed by atoms with Crippen LogP contribution >= 0.6 is 0 Å². The number of carbonyl (C=O) groups is 2. The van der Waals surface area contributed by atoms with Gasteiger partial charge in [0.15, 0.2) is 5.78 Å². The molecule has 1 N–H and O–H groups in total. The van der Waals surface area contributed by atoms with Crippen molar-refractivity contribution < 1.29 is 40.3 Å². The van der Waals surface area contributed by atoms with E-state index in [0.29, 0.717) is 17.7 Å². The molecule has 0 heterocycles. The predicted molar refractivity (Wildman–Crippen MR) is 99.9 cm³/mol. The number of Topliss-reactive ketones (excluding diaryl/α,β-unsaturated/α-hetero) is 1. The van der Waals surface area contributed by atoms with Gasteiger partial charge in [0.25, 0.3) is 5.91 Å². The maximum absolute atomic E-state index is 14.4. The molecule has 31 heavy (non-hydrogen) atoms. The number of amides is 1. The lowest BCUT2D eigenvalue weighted by atomic mass is 9.89. The van der Waals surface area contributed by atoms with E-state index in [0.717, 1.165) is 0 Å². The summed E-state index contributed by atoms with van der Waals surface area (Å²) in [5.41, 5.74) is -6.98. The van der Waals surface area contributed by atoms with Gasteiger partial charge < -0.3 is 5.32 Å². The molecular weight excluding hydrogens is 431 g/mol. The van der Waals surface area contributed by atoms with Crippen molar-refractivity contribution in [2.24, 2.45) is 0 Å². The van der Waals surface area contributed by atoms with E-state index < -0.39 is 29.5 Å². The van der Waals surface area contributed by atoms with Crippen LogP contribution in [0, 0.1) is 6.92 Å². The first-order valence-electron chi connectivity index (χ1n) is 9.02. The van der Waals surface area contributed by atoms with E-state index in [9.17, 15) is 40.3 Å². The second-order valence-corrected chi connectivity index (χ2v) is 6.92. The summed E-state index contributed by atoms with van der Waals surface area (Å²) in [6, 6.07) is 6.38. The Kier molecular flexibility index (Phi) is 6.53. The maximum atomic E-state index is 14.4. The third kappa shape index (κ3) is 4.57. The number of aryl methyl sites for hydroxylation is 2. The Morgan fingerprint density at radius 1 is 0.871 bits per heavy atom.